The van der Waals surface area contributed by atoms with Crippen molar-refractivity contribution in [1.82, 2.24) is 9.97 Å². The van der Waals surface area contributed by atoms with E-state index >= 15 is 0 Å². The van der Waals surface area contributed by atoms with Crippen molar-refractivity contribution in [1.29, 1.82) is 0 Å². The van der Waals surface area contributed by atoms with Gasteiger partial charge in [0.05, 0.1) is 4.92 Å². The lowest BCUT2D eigenvalue weighted by molar-refractivity contribution is -0.383. The fourth-order valence-corrected chi connectivity index (χ4v) is 1.78. The minimum atomic E-state index is -0.438. The van der Waals surface area contributed by atoms with Gasteiger partial charge >= 0.3 is 5.69 Å². The Bertz CT molecular complexity index is 422. The third-order valence-corrected chi connectivity index (χ3v) is 2.58. The molecule has 0 amide bonds. The Hall–Kier alpha value is -1.92. The quantitative estimate of drug-likeness (QED) is 0.617. The van der Waals surface area contributed by atoms with E-state index in [0.717, 1.165) is 13.0 Å². The maximum atomic E-state index is 11.2. The average Bonchev–Trinajstić information content (AvgIpc) is 2.34. The molecule has 18 heavy (non-hydrogen) atoms. The predicted molar refractivity (Wildman–Crippen MR) is 71.0 cm³/mol. The highest BCUT2D eigenvalue weighted by atomic mass is 16.6. The molecule has 0 aliphatic heterocycles. The van der Waals surface area contributed by atoms with E-state index in [1.54, 1.807) is 7.05 Å². The van der Waals surface area contributed by atoms with Crippen LogP contribution in [-0.4, -0.2) is 34.5 Å². The van der Waals surface area contributed by atoms with E-state index in [0.29, 0.717) is 5.82 Å². The second-order valence-corrected chi connectivity index (χ2v) is 4.19. The first-order valence-electron chi connectivity index (χ1n) is 5.96. The fourth-order valence-electron chi connectivity index (χ4n) is 1.78. The molecule has 0 aliphatic rings. The Morgan fingerprint density at radius 1 is 1.50 bits per heavy atom. The number of hydrogen-bond acceptors (Lipinski definition) is 6. The van der Waals surface area contributed by atoms with E-state index in [2.05, 4.69) is 15.3 Å². The van der Waals surface area contributed by atoms with Crippen LogP contribution < -0.4 is 10.2 Å². The summed E-state index contributed by atoms with van der Waals surface area (Å²) < 4.78 is 0. The number of rotatable bonds is 6. The summed E-state index contributed by atoms with van der Waals surface area (Å²) in [6.45, 7) is 6.72. The molecule has 7 nitrogen and oxygen atoms in total. The number of nitrogens with zero attached hydrogens (tertiary/aromatic N) is 4. The third kappa shape index (κ3) is 2.85. The van der Waals surface area contributed by atoms with E-state index in [4.69, 9.17) is 0 Å². The summed E-state index contributed by atoms with van der Waals surface area (Å²) in [5.74, 6) is 0.614. The van der Waals surface area contributed by atoms with Gasteiger partial charge in [-0.1, -0.05) is 6.92 Å². The summed E-state index contributed by atoms with van der Waals surface area (Å²) >= 11 is 0. The van der Waals surface area contributed by atoms with Crippen LogP contribution in [0.4, 0.5) is 17.3 Å². The first-order chi connectivity index (χ1) is 8.52. The molecule has 100 valence electrons. The molecule has 1 N–H and O–H groups in total. The first-order valence-corrected chi connectivity index (χ1v) is 5.96. The van der Waals surface area contributed by atoms with Gasteiger partial charge < -0.3 is 10.2 Å². The molecule has 0 radical (unpaired) electrons. The van der Waals surface area contributed by atoms with E-state index in [9.17, 15) is 10.1 Å². The Labute approximate surface area is 106 Å². The van der Waals surface area contributed by atoms with Crippen LogP contribution in [0.5, 0.6) is 0 Å². The molecule has 0 fully saturated rings. The molecule has 0 unspecified atom stereocenters. The number of nitrogens with one attached hydrogen (secondary N) is 1. The molecule has 1 rings (SSSR count). The maximum absolute atomic E-state index is 11.2. The number of anilines is 2. The van der Waals surface area contributed by atoms with Gasteiger partial charge in [0.15, 0.2) is 0 Å². The SMILES string of the molecule is CCCN(c1ncnc(NC)c1[N+](=O)[O-])C(C)C. The fraction of sp³-hybridized carbons (Fsp3) is 0.636. The molecular weight excluding hydrogens is 234 g/mol. The molecule has 1 heterocycles. The van der Waals surface area contributed by atoms with Gasteiger partial charge in [0.1, 0.15) is 6.33 Å². The number of aromatic nitrogens is 2. The van der Waals surface area contributed by atoms with Crippen LogP contribution in [0.3, 0.4) is 0 Å². The Morgan fingerprint density at radius 2 is 2.17 bits per heavy atom. The van der Waals surface area contributed by atoms with E-state index in [-0.39, 0.29) is 17.5 Å². The molecule has 0 aromatic carbocycles. The topological polar surface area (TPSA) is 84.2 Å². The van der Waals surface area contributed by atoms with Gasteiger partial charge in [-0.3, -0.25) is 10.1 Å². The molecule has 0 aliphatic carbocycles. The number of hydrogen-bond donors (Lipinski definition) is 1. The van der Waals surface area contributed by atoms with Crippen LogP contribution in [0.2, 0.25) is 0 Å². The zero-order chi connectivity index (χ0) is 13.7. The third-order valence-electron chi connectivity index (χ3n) is 2.58. The van der Waals surface area contributed by atoms with Crippen molar-refractivity contribution in [3.05, 3.63) is 16.4 Å². The van der Waals surface area contributed by atoms with Gasteiger partial charge in [-0.2, -0.15) is 0 Å². The van der Waals surface area contributed by atoms with E-state index in [1.165, 1.54) is 6.33 Å². The van der Waals surface area contributed by atoms with Crippen molar-refractivity contribution in [2.75, 3.05) is 23.8 Å². The first kappa shape index (κ1) is 14.1. The summed E-state index contributed by atoms with van der Waals surface area (Å²) in [6.07, 6.45) is 2.24. The van der Waals surface area contributed by atoms with Crippen LogP contribution >= 0.6 is 0 Å². The van der Waals surface area contributed by atoms with Crippen LogP contribution in [-0.2, 0) is 0 Å². The van der Waals surface area contributed by atoms with Crippen molar-refractivity contribution in [2.45, 2.75) is 33.2 Å². The summed E-state index contributed by atoms with van der Waals surface area (Å²) in [6, 6.07) is 0.142. The monoisotopic (exact) mass is 253 g/mol. The predicted octanol–water partition coefficient (Wildman–Crippen LogP) is 2.05. The highest BCUT2D eigenvalue weighted by Crippen LogP contribution is 2.32. The van der Waals surface area contributed by atoms with Crippen molar-refractivity contribution in [2.24, 2.45) is 0 Å². The summed E-state index contributed by atoms with van der Waals surface area (Å²) in [5.41, 5.74) is -0.0675. The normalized spacial score (nSPS) is 10.5. The van der Waals surface area contributed by atoms with Crippen molar-refractivity contribution in [3.8, 4) is 0 Å². The Balaban J connectivity index is 3.32. The van der Waals surface area contributed by atoms with Gasteiger partial charge in [0.2, 0.25) is 11.6 Å². The summed E-state index contributed by atoms with van der Waals surface area (Å²) in [7, 11) is 1.61. The maximum Gasteiger partial charge on any atom is 0.353 e. The molecule has 7 heteroatoms. The lowest BCUT2D eigenvalue weighted by Crippen LogP contribution is -2.33. The van der Waals surface area contributed by atoms with E-state index < -0.39 is 4.92 Å². The highest BCUT2D eigenvalue weighted by molar-refractivity contribution is 5.70. The van der Waals surface area contributed by atoms with Crippen LogP contribution in [0, 0.1) is 10.1 Å². The second kappa shape index (κ2) is 6.13. The molecule has 0 atom stereocenters. The van der Waals surface area contributed by atoms with Crippen LogP contribution in [0.25, 0.3) is 0 Å². The number of nitro groups is 1. The minimum Gasteiger partial charge on any atom is -0.367 e. The Kier molecular flexibility index (Phi) is 4.82. The molecule has 0 bridgehead atoms. The van der Waals surface area contributed by atoms with Crippen molar-refractivity contribution >= 4 is 17.3 Å². The average molecular weight is 253 g/mol. The Morgan fingerprint density at radius 3 is 2.61 bits per heavy atom. The lowest BCUT2D eigenvalue weighted by atomic mass is 10.2. The van der Waals surface area contributed by atoms with Crippen molar-refractivity contribution in [3.63, 3.8) is 0 Å². The van der Waals surface area contributed by atoms with Crippen LogP contribution in [0.1, 0.15) is 27.2 Å². The molecule has 0 saturated heterocycles. The van der Waals surface area contributed by atoms with Gasteiger partial charge in [-0.25, -0.2) is 9.97 Å². The molecule has 0 spiro atoms. The molecule has 1 aromatic heterocycles. The second-order valence-electron chi connectivity index (χ2n) is 4.19. The highest BCUT2D eigenvalue weighted by Gasteiger charge is 2.27. The van der Waals surface area contributed by atoms with Gasteiger partial charge in [-0.15, -0.1) is 0 Å². The van der Waals surface area contributed by atoms with E-state index in [1.807, 2.05) is 25.7 Å². The van der Waals surface area contributed by atoms with Gasteiger partial charge in [0, 0.05) is 19.6 Å². The van der Waals surface area contributed by atoms with Gasteiger partial charge in [-0.05, 0) is 20.3 Å². The van der Waals surface area contributed by atoms with Gasteiger partial charge in [0.25, 0.3) is 0 Å². The largest absolute Gasteiger partial charge is 0.367 e. The summed E-state index contributed by atoms with van der Waals surface area (Å²) in [5, 5.41) is 13.9. The van der Waals surface area contributed by atoms with Crippen LogP contribution in [0.15, 0.2) is 6.33 Å². The molecule has 0 saturated carbocycles. The molecular formula is C11H19N5O2. The molecule has 1 aromatic rings. The lowest BCUT2D eigenvalue weighted by Gasteiger charge is -2.27. The van der Waals surface area contributed by atoms with Crippen molar-refractivity contribution < 1.29 is 4.92 Å². The zero-order valence-corrected chi connectivity index (χ0v) is 11.2. The minimum absolute atomic E-state index is 0.0675. The smallest absolute Gasteiger partial charge is 0.353 e. The standard InChI is InChI=1S/C11H19N5O2/c1-5-6-15(8(2)3)11-9(16(17)18)10(12-4)13-7-14-11/h7-8H,5-6H2,1-4H3,(H,12,13,14). The zero-order valence-electron chi connectivity index (χ0n) is 11.2. The summed E-state index contributed by atoms with van der Waals surface area (Å²) in [4.78, 5) is 20.6.